The molecule has 6 heteroatoms. The van der Waals surface area contributed by atoms with Gasteiger partial charge in [-0.2, -0.15) is 0 Å². The van der Waals surface area contributed by atoms with E-state index in [2.05, 4.69) is 6.58 Å². The van der Waals surface area contributed by atoms with Gasteiger partial charge in [0.05, 0.1) is 13.2 Å². The molecule has 0 bridgehead atoms. The maximum Gasteiger partial charge on any atom is 0.334 e. The second-order valence-corrected chi connectivity index (χ2v) is 5.01. The number of esters is 3. The fourth-order valence-corrected chi connectivity index (χ4v) is 2.87. The van der Waals surface area contributed by atoms with Crippen molar-refractivity contribution in [3.8, 4) is 0 Å². The number of hydrogen-bond acceptors (Lipinski definition) is 6. The van der Waals surface area contributed by atoms with Gasteiger partial charge in [0.2, 0.25) is 0 Å². The Kier molecular flexibility index (Phi) is 3.83. The quantitative estimate of drug-likeness (QED) is 0.331. The first-order chi connectivity index (χ1) is 9.46. The number of rotatable bonds is 4. The first-order valence-electron chi connectivity index (χ1n) is 6.70. The summed E-state index contributed by atoms with van der Waals surface area (Å²) in [5.74, 6) is -2.01. The predicted octanol–water partition coefficient (Wildman–Crippen LogP) is 0.991. The molecule has 2 aliphatic rings. The van der Waals surface area contributed by atoms with Gasteiger partial charge in [0.25, 0.3) is 0 Å². The van der Waals surface area contributed by atoms with E-state index >= 15 is 0 Å². The molecular formula is C14H18O6. The maximum absolute atomic E-state index is 12.2. The zero-order valence-electron chi connectivity index (χ0n) is 11.6. The van der Waals surface area contributed by atoms with Gasteiger partial charge in [-0.05, 0) is 20.3 Å². The van der Waals surface area contributed by atoms with Crippen LogP contribution in [-0.2, 0) is 28.6 Å². The second-order valence-electron chi connectivity index (χ2n) is 5.01. The summed E-state index contributed by atoms with van der Waals surface area (Å²) in [6.07, 6.45) is -0.246. The average molecular weight is 282 g/mol. The summed E-state index contributed by atoms with van der Waals surface area (Å²) in [5.41, 5.74) is -1.07. The molecule has 6 nitrogen and oxygen atoms in total. The molecule has 0 N–H and O–H groups in total. The van der Waals surface area contributed by atoms with Gasteiger partial charge in [-0.1, -0.05) is 6.58 Å². The van der Waals surface area contributed by atoms with Crippen molar-refractivity contribution in [2.24, 2.45) is 11.3 Å². The Morgan fingerprint density at radius 2 is 1.80 bits per heavy atom. The number of hydrogen-bond donors (Lipinski definition) is 0. The molecule has 1 saturated heterocycles. The molecule has 0 spiro atoms. The molecule has 110 valence electrons. The third-order valence-corrected chi connectivity index (χ3v) is 3.87. The topological polar surface area (TPSA) is 78.9 Å². The summed E-state index contributed by atoms with van der Waals surface area (Å²) < 4.78 is 15.2. The fourth-order valence-electron chi connectivity index (χ4n) is 2.87. The molecule has 0 aromatic carbocycles. The molecule has 0 radical (unpaired) electrons. The van der Waals surface area contributed by atoms with Crippen molar-refractivity contribution in [1.82, 2.24) is 0 Å². The number of carbonyl (C=O) groups excluding carboxylic acids is 3. The highest BCUT2D eigenvalue weighted by Gasteiger charge is 2.62. The standard InChI is InChI=1S/C14H18O6/c1-4-18-12(16)14(13(17)19-5-2)6-9-8(3)11(15)20-10(9)7-14/h9-10H,3-7H2,1-2H3/t9-,10-/m1/s1. The molecule has 2 atom stereocenters. The van der Waals surface area contributed by atoms with Gasteiger partial charge in [0.1, 0.15) is 6.10 Å². The summed E-state index contributed by atoms with van der Waals surface area (Å²) in [7, 11) is 0. The van der Waals surface area contributed by atoms with Crippen LogP contribution in [-0.4, -0.2) is 37.2 Å². The van der Waals surface area contributed by atoms with Gasteiger partial charge in [-0.15, -0.1) is 0 Å². The van der Waals surface area contributed by atoms with Crippen molar-refractivity contribution in [3.05, 3.63) is 12.2 Å². The van der Waals surface area contributed by atoms with Gasteiger partial charge in [-0.25, -0.2) is 4.79 Å². The Morgan fingerprint density at radius 3 is 2.25 bits per heavy atom. The summed E-state index contributed by atoms with van der Waals surface area (Å²) in [4.78, 5) is 35.9. The van der Waals surface area contributed by atoms with Crippen molar-refractivity contribution >= 4 is 17.9 Å². The summed E-state index contributed by atoms with van der Waals surface area (Å²) in [5, 5.41) is 0. The highest BCUT2D eigenvalue weighted by molar-refractivity contribution is 6.02. The zero-order chi connectivity index (χ0) is 14.9. The van der Waals surface area contributed by atoms with E-state index in [0.29, 0.717) is 5.57 Å². The number of fused-ring (bicyclic) bond motifs is 1. The lowest BCUT2D eigenvalue weighted by Gasteiger charge is -2.24. The Bertz CT molecular complexity index is 448. The lowest BCUT2D eigenvalue weighted by Crippen LogP contribution is -2.41. The van der Waals surface area contributed by atoms with Crippen molar-refractivity contribution < 1.29 is 28.6 Å². The van der Waals surface area contributed by atoms with Crippen LogP contribution in [0.1, 0.15) is 26.7 Å². The second kappa shape index (κ2) is 5.26. The van der Waals surface area contributed by atoms with Crippen LogP contribution >= 0.6 is 0 Å². The average Bonchev–Trinajstić information content (AvgIpc) is 2.89. The molecule has 0 unspecified atom stereocenters. The molecule has 20 heavy (non-hydrogen) atoms. The van der Waals surface area contributed by atoms with E-state index in [1.54, 1.807) is 13.8 Å². The Balaban J connectivity index is 2.27. The van der Waals surface area contributed by atoms with Crippen LogP contribution in [0, 0.1) is 11.3 Å². The molecule has 0 aromatic heterocycles. The maximum atomic E-state index is 12.2. The third-order valence-electron chi connectivity index (χ3n) is 3.87. The minimum atomic E-state index is -1.38. The first kappa shape index (κ1) is 14.6. The summed E-state index contributed by atoms with van der Waals surface area (Å²) in [6, 6.07) is 0. The van der Waals surface area contributed by atoms with Crippen LogP contribution in [0.2, 0.25) is 0 Å². The molecule has 1 heterocycles. The minimum absolute atomic E-state index is 0.0973. The normalized spacial score (nSPS) is 26.9. The van der Waals surface area contributed by atoms with Crippen molar-refractivity contribution in [3.63, 3.8) is 0 Å². The van der Waals surface area contributed by atoms with Gasteiger partial charge >= 0.3 is 17.9 Å². The van der Waals surface area contributed by atoms with E-state index in [1.807, 2.05) is 0 Å². The van der Waals surface area contributed by atoms with E-state index in [-0.39, 0.29) is 32.0 Å². The van der Waals surface area contributed by atoms with Gasteiger partial charge in [0, 0.05) is 17.9 Å². The lowest BCUT2D eigenvalue weighted by atomic mass is 9.84. The van der Waals surface area contributed by atoms with Crippen molar-refractivity contribution in [2.75, 3.05) is 13.2 Å². The number of carbonyl (C=O) groups is 3. The SMILES string of the molecule is C=C1C(=O)O[C@@H]2CC(C(=O)OCC)(C(=O)OCC)C[C@H]12. The smallest absolute Gasteiger partial charge is 0.334 e. The van der Waals surface area contributed by atoms with Crippen LogP contribution in [0.25, 0.3) is 0 Å². The van der Waals surface area contributed by atoms with Crippen LogP contribution in [0.3, 0.4) is 0 Å². The number of ether oxygens (including phenoxy) is 3. The van der Waals surface area contributed by atoms with Crippen LogP contribution < -0.4 is 0 Å². The van der Waals surface area contributed by atoms with Crippen LogP contribution in [0.15, 0.2) is 12.2 Å². The highest BCUT2D eigenvalue weighted by Crippen LogP contribution is 2.50. The van der Waals surface area contributed by atoms with Crippen molar-refractivity contribution in [1.29, 1.82) is 0 Å². The van der Waals surface area contributed by atoms with E-state index < -0.39 is 29.4 Å². The Labute approximate surface area is 117 Å². The van der Waals surface area contributed by atoms with Crippen LogP contribution in [0.4, 0.5) is 0 Å². The molecule has 2 rings (SSSR count). The molecule has 2 fully saturated rings. The summed E-state index contributed by atoms with van der Waals surface area (Å²) in [6.45, 7) is 7.37. The molecule has 1 saturated carbocycles. The Hall–Kier alpha value is -1.85. The zero-order valence-corrected chi connectivity index (χ0v) is 11.6. The monoisotopic (exact) mass is 282 g/mol. The largest absolute Gasteiger partial charge is 0.465 e. The first-order valence-corrected chi connectivity index (χ1v) is 6.70. The molecule has 0 aromatic rings. The molecule has 1 aliphatic heterocycles. The third kappa shape index (κ3) is 2.09. The van der Waals surface area contributed by atoms with E-state index in [9.17, 15) is 14.4 Å². The van der Waals surface area contributed by atoms with Gasteiger partial charge in [0.15, 0.2) is 5.41 Å². The van der Waals surface area contributed by atoms with E-state index in [1.165, 1.54) is 0 Å². The highest BCUT2D eigenvalue weighted by atomic mass is 16.6. The molecule has 0 amide bonds. The lowest BCUT2D eigenvalue weighted by molar-refractivity contribution is -0.173. The van der Waals surface area contributed by atoms with Crippen molar-refractivity contribution in [2.45, 2.75) is 32.8 Å². The summed E-state index contributed by atoms with van der Waals surface area (Å²) >= 11 is 0. The molecule has 1 aliphatic carbocycles. The predicted molar refractivity (Wildman–Crippen MR) is 67.4 cm³/mol. The van der Waals surface area contributed by atoms with Gasteiger partial charge < -0.3 is 14.2 Å². The fraction of sp³-hybridized carbons (Fsp3) is 0.643. The van der Waals surface area contributed by atoms with E-state index in [4.69, 9.17) is 14.2 Å². The van der Waals surface area contributed by atoms with E-state index in [0.717, 1.165) is 0 Å². The van der Waals surface area contributed by atoms with Gasteiger partial charge in [-0.3, -0.25) is 9.59 Å². The minimum Gasteiger partial charge on any atom is -0.465 e. The van der Waals surface area contributed by atoms with Crippen LogP contribution in [0.5, 0.6) is 0 Å². The molecular weight excluding hydrogens is 264 g/mol. The Morgan fingerprint density at radius 1 is 1.25 bits per heavy atom.